The number of carbonyl (C=O) groups is 1. The van der Waals surface area contributed by atoms with Crippen LogP contribution in [-0.4, -0.2) is 47.2 Å². The number of carbonyl (C=O) groups excluding carboxylic acids is 1. The molecular weight excluding hydrogens is 254 g/mol. The Morgan fingerprint density at radius 3 is 2.55 bits per heavy atom. The van der Waals surface area contributed by atoms with Crippen molar-refractivity contribution in [3.05, 3.63) is 11.8 Å². The highest BCUT2D eigenvalue weighted by atomic mass is 16.6. The Bertz CT molecular complexity index is 418. The van der Waals surface area contributed by atoms with E-state index >= 15 is 0 Å². The minimum atomic E-state index is -0.466. The van der Waals surface area contributed by atoms with Crippen molar-refractivity contribution < 1.29 is 9.53 Å². The van der Waals surface area contributed by atoms with E-state index in [4.69, 9.17) is 10.00 Å². The van der Waals surface area contributed by atoms with Crippen molar-refractivity contribution in [2.75, 3.05) is 19.6 Å². The summed E-state index contributed by atoms with van der Waals surface area (Å²) in [5.41, 5.74) is 0.566. The normalized spacial score (nSPS) is 20.6. The summed E-state index contributed by atoms with van der Waals surface area (Å²) in [6, 6.07) is 2.28. The van der Waals surface area contributed by atoms with Gasteiger partial charge in [0.1, 0.15) is 5.60 Å². The van der Waals surface area contributed by atoms with Crippen molar-refractivity contribution in [2.24, 2.45) is 0 Å². The van der Waals surface area contributed by atoms with Crippen LogP contribution in [0.4, 0.5) is 4.79 Å². The van der Waals surface area contributed by atoms with E-state index in [1.165, 1.54) is 0 Å². The third-order valence-corrected chi connectivity index (χ3v) is 3.24. The standard InChI is InChI=1S/C15H25N3O2/c1-6-13(7-8-16)18-10-9-17(11-12(18)2)14(19)20-15(3,4)5/h7,12H,6,9-11H2,1-5H3/b13-7-. The fourth-order valence-corrected chi connectivity index (χ4v) is 2.34. The first-order valence-electron chi connectivity index (χ1n) is 7.11. The van der Waals surface area contributed by atoms with Gasteiger partial charge in [0.05, 0.1) is 6.07 Å². The topological polar surface area (TPSA) is 56.6 Å². The first-order chi connectivity index (χ1) is 9.28. The number of rotatable bonds is 2. The second kappa shape index (κ2) is 6.65. The number of amides is 1. The van der Waals surface area contributed by atoms with Crippen LogP contribution in [0.2, 0.25) is 0 Å². The molecule has 1 saturated heterocycles. The monoisotopic (exact) mass is 279 g/mol. The van der Waals surface area contributed by atoms with Crippen molar-refractivity contribution in [2.45, 2.75) is 52.7 Å². The summed E-state index contributed by atoms with van der Waals surface area (Å²) in [7, 11) is 0. The Hall–Kier alpha value is -1.70. The number of allylic oxidation sites excluding steroid dienone is 2. The number of hydrogen-bond acceptors (Lipinski definition) is 4. The molecule has 0 saturated carbocycles. The fourth-order valence-electron chi connectivity index (χ4n) is 2.34. The average Bonchev–Trinajstić information content (AvgIpc) is 2.34. The van der Waals surface area contributed by atoms with Crippen LogP contribution in [0.5, 0.6) is 0 Å². The summed E-state index contributed by atoms with van der Waals surface area (Å²) in [4.78, 5) is 16.0. The molecule has 1 amide bonds. The van der Waals surface area contributed by atoms with Gasteiger partial charge in [-0.2, -0.15) is 5.26 Å². The van der Waals surface area contributed by atoms with E-state index in [0.717, 1.165) is 18.7 Å². The summed E-state index contributed by atoms with van der Waals surface area (Å²) in [5.74, 6) is 0. The smallest absolute Gasteiger partial charge is 0.410 e. The lowest BCUT2D eigenvalue weighted by Crippen LogP contribution is -2.53. The molecule has 1 rings (SSSR count). The quantitative estimate of drug-likeness (QED) is 0.729. The Balaban J connectivity index is 2.66. The molecule has 20 heavy (non-hydrogen) atoms. The summed E-state index contributed by atoms with van der Waals surface area (Å²) in [5, 5.41) is 8.81. The van der Waals surface area contributed by atoms with Gasteiger partial charge in [-0.1, -0.05) is 6.92 Å². The van der Waals surface area contributed by atoms with Gasteiger partial charge in [0.2, 0.25) is 0 Å². The average molecular weight is 279 g/mol. The second-order valence-electron chi connectivity index (χ2n) is 6.09. The number of hydrogen-bond donors (Lipinski definition) is 0. The predicted molar refractivity (Wildman–Crippen MR) is 78.0 cm³/mol. The van der Waals surface area contributed by atoms with Gasteiger partial charge < -0.3 is 14.5 Å². The maximum atomic E-state index is 12.0. The first-order valence-corrected chi connectivity index (χ1v) is 7.11. The maximum Gasteiger partial charge on any atom is 0.410 e. The Morgan fingerprint density at radius 2 is 2.10 bits per heavy atom. The minimum absolute atomic E-state index is 0.191. The maximum absolute atomic E-state index is 12.0. The van der Waals surface area contributed by atoms with Gasteiger partial charge in [-0.15, -0.1) is 0 Å². The largest absolute Gasteiger partial charge is 0.444 e. The van der Waals surface area contributed by atoms with Crippen LogP contribution in [-0.2, 0) is 4.74 Å². The molecule has 1 aliphatic heterocycles. The lowest BCUT2D eigenvalue weighted by molar-refractivity contribution is 0.00984. The van der Waals surface area contributed by atoms with Crippen LogP contribution in [0.15, 0.2) is 11.8 Å². The molecule has 0 N–H and O–H groups in total. The van der Waals surface area contributed by atoms with Crippen molar-refractivity contribution in [3.63, 3.8) is 0 Å². The molecule has 0 bridgehead atoms. The molecule has 5 heteroatoms. The highest BCUT2D eigenvalue weighted by Gasteiger charge is 2.30. The van der Waals surface area contributed by atoms with Crippen molar-refractivity contribution in [1.29, 1.82) is 5.26 Å². The Morgan fingerprint density at radius 1 is 1.45 bits per heavy atom. The van der Waals surface area contributed by atoms with E-state index < -0.39 is 5.60 Å². The van der Waals surface area contributed by atoms with Crippen LogP contribution in [0.3, 0.4) is 0 Å². The number of nitrogens with zero attached hydrogens (tertiary/aromatic N) is 3. The molecule has 0 aromatic carbocycles. The van der Waals surface area contributed by atoms with Gasteiger partial charge in [-0.3, -0.25) is 0 Å². The van der Waals surface area contributed by atoms with Gasteiger partial charge in [-0.25, -0.2) is 4.79 Å². The van der Waals surface area contributed by atoms with E-state index in [-0.39, 0.29) is 12.1 Å². The lowest BCUT2D eigenvalue weighted by Gasteiger charge is -2.42. The number of piperazine rings is 1. The molecular formula is C15H25N3O2. The molecule has 0 aromatic heterocycles. The summed E-state index contributed by atoms with van der Waals surface area (Å²) < 4.78 is 5.40. The van der Waals surface area contributed by atoms with Crippen LogP contribution >= 0.6 is 0 Å². The van der Waals surface area contributed by atoms with Crippen molar-refractivity contribution in [3.8, 4) is 6.07 Å². The highest BCUT2D eigenvalue weighted by Crippen LogP contribution is 2.19. The Kier molecular flexibility index (Phi) is 5.43. The molecule has 5 nitrogen and oxygen atoms in total. The summed E-state index contributed by atoms with van der Waals surface area (Å²) in [6.45, 7) is 11.7. The molecule has 0 aromatic rings. The molecule has 1 heterocycles. The van der Waals surface area contributed by atoms with Crippen molar-refractivity contribution >= 4 is 6.09 Å². The SMILES string of the molecule is CC/C(=C/C#N)N1CCN(C(=O)OC(C)(C)C)CC1C. The zero-order chi connectivity index (χ0) is 15.3. The van der Waals surface area contributed by atoms with E-state index in [1.54, 1.807) is 11.0 Å². The molecule has 0 aliphatic carbocycles. The van der Waals surface area contributed by atoms with Crippen molar-refractivity contribution in [1.82, 2.24) is 9.80 Å². The van der Waals surface area contributed by atoms with Gasteiger partial charge >= 0.3 is 6.09 Å². The minimum Gasteiger partial charge on any atom is -0.444 e. The van der Waals surface area contributed by atoms with Crippen LogP contribution in [0, 0.1) is 11.3 Å². The van der Waals surface area contributed by atoms with Crippen LogP contribution in [0.25, 0.3) is 0 Å². The third-order valence-electron chi connectivity index (χ3n) is 3.24. The summed E-state index contributed by atoms with van der Waals surface area (Å²) in [6.07, 6.45) is 2.16. The van der Waals surface area contributed by atoms with Gasteiger partial charge in [0.15, 0.2) is 0 Å². The molecule has 0 spiro atoms. The molecule has 1 aliphatic rings. The highest BCUT2D eigenvalue weighted by molar-refractivity contribution is 5.68. The van der Waals surface area contributed by atoms with Gasteiger partial charge in [-0.05, 0) is 34.1 Å². The first kappa shape index (κ1) is 16.4. The number of nitriles is 1. The lowest BCUT2D eigenvalue weighted by atomic mass is 10.1. The fraction of sp³-hybridized carbons (Fsp3) is 0.733. The zero-order valence-electron chi connectivity index (χ0n) is 13.1. The Labute approximate surface area is 121 Å². The third kappa shape index (κ3) is 4.44. The predicted octanol–water partition coefficient (Wildman–Crippen LogP) is 2.75. The van der Waals surface area contributed by atoms with E-state index in [9.17, 15) is 4.79 Å². The zero-order valence-corrected chi connectivity index (χ0v) is 13.1. The van der Waals surface area contributed by atoms with E-state index in [1.807, 2.05) is 27.7 Å². The van der Waals surface area contributed by atoms with Gasteiger partial charge in [0.25, 0.3) is 0 Å². The second-order valence-corrected chi connectivity index (χ2v) is 6.09. The summed E-state index contributed by atoms with van der Waals surface area (Å²) >= 11 is 0. The molecule has 112 valence electrons. The molecule has 0 radical (unpaired) electrons. The molecule has 1 atom stereocenters. The molecule has 1 unspecified atom stereocenters. The van der Waals surface area contributed by atoms with Crippen LogP contribution in [0.1, 0.15) is 41.0 Å². The molecule has 1 fully saturated rings. The van der Waals surface area contributed by atoms with E-state index in [0.29, 0.717) is 13.1 Å². The van der Waals surface area contributed by atoms with E-state index in [2.05, 4.69) is 17.9 Å². The van der Waals surface area contributed by atoms with Gasteiger partial charge in [0, 0.05) is 37.4 Å². The van der Waals surface area contributed by atoms with Crippen LogP contribution < -0.4 is 0 Å². The number of ether oxygens (including phenoxy) is 1.